The molecule has 1 saturated heterocycles. The first kappa shape index (κ1) is 14.9. The van der Waals surface area contributed by atoms with Crippen LogP contribution in [0.2, 0.25) is 0 Å². The van der Waals surface area contributed by atoms with Gasteiger partial charge in [-0.05, 0) is 6.42 Å². The molecule has 2 heterocycles. The third kappa shape index (κ3) is 3.77. The summed E-state index contributed by atoms with van der Waals surface area (Å²) >= 11 is 0. The molecule has 1 aromatic heterocycles. The Morgan fingerprint density at radius 3 is 2.75 bits per heavy atom. The van der Waals surface area contributed by atoms with Gasteiger partial charge in [0.1, 0.15) is 12.2 Å². The number of amides is 1. The van der Waals surface area contributed by atoms with Gasteiger partial charge >= 0.3 is 0 Å². The van der Waals surface area contributed by atoms with Gasteiger partial charge in [0.25, 0.3) is 0 Å². The standard InChI is InChI=1S/C13H23N5O2/c1-2-11(9-19)17-5-7-18(8-6-17)13(20)4-3-12-14-10-15-16-12/h10-11,19H,2-9H2,1H3,(H,14,15,16). The number of aromatic amines is 1. The van der Waals surface area contributed by atoms with Crippen LogP contribution < -0.4 is 0 Å². The number of aliphatic hydroxyl groups excluding tert-OH is 1. The lowest BCUT2D eigenvalue weighted by Gasteiger charge is -2.38. The van der Waals surface area contributed by atoms with Gasteiger partial charge in [-0.3, -0.25) is 14.8 Å². The Morgan fingerprint density at radius 1 is 1.45 bits per heavy atom. The summed E-state index contributed by atoms with van der Waals surface area (Å²) in [6, 6.07) is 0.224. The van der Waals surface area contributed by atoms with Crippen LogP contribution in [0.5, 0.6) is 0 Å². The average molecular weight is 281 g/mol. The topological polar surface area (TPSA) is 85.3 Å². The SMILES string of the molecule is CCC(CO)N1CCN(C(=O)CCc2ncn[nH]2)CC1. The van der Waals surface area contributed by atoms with Crippen molar-refractivity contribution in [1.29, 1.82) is 0 Å². The summed E-state index contributed by atoms with van der Waals surface area (Å²) in [5.74, 6) is 0.918. The van der Waals surface area contributed by atoms with Crippen molar-refractivity contribution in [2.75, 3.05) is 32.8 Å². The maximum absolute atomic E-state index is 12.1. The van der Waals surface area contributed by atoms with Crippen LogP contribution in [0.15, 0.2) is 6.33 Å². The van der Waals surface area contributed by atoms with Crippen LogP contribution in [0.3, 0.4) is 0 Å². The van der Waals surface area contributed by atoms with Crippen molar-refractivity contribution in [2.45, 2.75) is 32.2 Å². The molecule has 0 bridgehead atoms. The first-order valence-corrected chi connectivity index (χ1v) is 7.21. The molecular weight excluding hydrogens is 258 g/mol. The predicted molar refractivity (Wildman–Crippen MR) is 74.0 cm³/mol. The number of piperazine rings is 1. The zero-order valence-corrected chi connectivity index (χ0v) is 12.0. The molecule has 2 rings (SSSR count). The molecule has 7 heteroatoms. The minimum absolute atomic E-state index is 0.165. The zero-order valence-electron chi connectivity index (χ0n) is 12.0. The van der Waals surface area contributed by atoms with Gasteiger partial charge in [0.05, 0.1) is 6.61 Å². The Hall–Kier alpha value is -1.47. The Balaban J connectivity index is 1.74. The molecular formula is C13H23N5O2. The number of nitrogens with one attached hydrogen (secondary N) is 1. The summed E-state index contributed by atoms with van der Waals surface area (Å²) in [7, 11) is 0. The zero-order chi connectivity index (χ0) is 14.4. The number of rotatable bonds is 6. The van der Waals surface area contributed by atoms with E-state index in [0.717, 1.165) is 38.4 Å². The molecule has 1 unspecified atom stereocenters. The smallest absolute Gasteiger partial charge is 0.223 e. The molecule has 0 radical (unpaired) electrons. The Bertz CT molecular complexity index is 397. The molecule has 1 aliphatic rings. The van der Waals surface area contributed by atoms with Gasteiger partial charge in [-0.2, -0.15) is 5.10 Å². The van der Waals surface area contributed by atoms with Gasteiger partial charge in [-0.25, -0.2) is 4.98 Å². The second-order valence-corrected chi connectivity index (χ2v) is 5.09. The maximum atomic E-state index is 12.1. The molecule has 1 fully saturated rings. The van der Waals surface area contributed by atoms with E-state index in [1.54, 1.807) is 0 Å². The summed E-state index contributed by atoms with van der Waals surface area (Å²) in [6.07, 6.45) is 3.47. The molecule has 0 aliphatic carbocycles. The summed E-state index contributed by atoms with van der Waals surface area (Å²) in [6.45, 7) is 5.43. The van der Waals surface area contributed by atoms with E-state index in [1.165, 1.54) is 6.33 Å². The summed E-state index contributed by atoms with van der Waals surface area (Å²) in [5, 5.41) is 15.8. The van der Waals surface area contributed by atoms with E-state index in [-0.39, 0.29) is 18.6 Å². The lowest BCUT2D eigenvalue weighted by molar-refractivity contribution is -0.133. The van der Waals surface area contributed by atoms with Crippen molar-refractivity contribution in [2.24, 2.45) is 0 Å². The van der Waals surface area contributed by atoms with Crippen LogP contribution in [0, 0.1) is 0 Å². The van der Waals surface area contributed by atoms with Gasteiger partial charge in [0, 0.05) is 45.1 Å². The summed E-state index contributed by atoms with van der Waals surface area (Å²) < 4.78 is 0. The second kappa shape index (κ2) is 7.35. The van der Waals surface area contributed by atoms with E-state index >= 15 is 0 Å². The lowest BCUT2D eigenvalue weighted by Crippen LogP contribution is -2.52. The fourth-order valence-electron chi connectivity index (χ4n) is 2.57. The van der Waals surface area contributed by atoms with E-state index in [0.29, 0.717) is 12.8 Å². The second-order valence-electron chi connectivity index (χ2n) is 5.09. The summed E-state index contributed by atoms with van der Waals surface area (Å²) in [5.41, 5.74) is 0. The quantitative estimate of drug-likeness (QED) is 0.744. The number of carbonyl (C=O) groups excluding carboxylic acids is 1. The third-order valence-electron chi connectivity index (χ3n) is 3.91. The van der Waals surface area contributed by atoms with Crippen molar-refractivity contribution in [1.82, 2.24) is 25.0 Å². The van der Waals surface area contributed by atoms with Crippen molar-refractivity contribution in [3.63, 3.8) is 0 Å². The number of hydrogen-bond donors (Lipinski definition) is 2. The van der Waals surface area contributed by atoms with E-state index in [4.69, 9.17) is 0 Å². The van der Waals surface area contributed by atoms with E-state index in [9.17, 15) is 9.90 Å². The number of aliphatic hydroxyl groups is 1. The van der Waals surface area contributed by atoms with Crippen LogP contribution in [0.25, 0.3) is 0 Å². The van der Waals surface area contributed by atoms with Crippen molar-refractivity contribution >= 4 is 5.91 Å². The number of nitrogens with zero attached hydrogens (tertiary/aromatic N) is 4. The molecule has 1 atom stereocenters. The Morgan fingerprint density at radius 2 is 2.20 bits per heavy atom. The summed E-state index contributed by atoms with van der Waals surface area (Å²) in [4.78, 5) is 20.3. The number of H-pyrrole nitrogens is 1. The van der Waals surface area contributed by atoms with E-state index in [1.807, 2.05) is 4.90 Å². The number of hydrogen-bond acceptors (Lipinski definition) is 5. The van der Waals surface area contributed by atoms with E-state index < -0.39 is 0 Å². The normalized spacial score (nSPS) is 18.2. The van der Waals surface area contributed by atoms with Crippen LogP contribution in [-0.2, 0) is 11.2 Å². The fourth-order valence-corrected chi connectivity index (χ4v) is 2.57. The molecule has 7 nitrogen and oxygen atoms in total. The number of aromatic nitrogens is 3. The maximum Gasteiger partial charge on any atom is 0.223 e. The Kier molecular flexibility index (Phi) is 5.49. The highest BCUT2D eigenvalue weighted by atomic mass is 16.3. The molecule has 0 saturated carbocycles. The minimum Gasteiger partial charge on any atom is -0.395 e. The van der Waals surface area contributed by atoms with Crippen molar-refractivity contribution in [3.05, 3.63) is 12.2 Å². The highest BCUT2D eigenvalue weighted by molar-refractivity contribution is 5.76. The third-order valence-corrected chi connectivity index (χ3v) is 3.91. The highest BCUT2D eigenvalue weighted by Crippen LogP contribution is 2.10. The molecule has 1 aromatic rings. The molecule has 112 valence electrons. The first-order chi connectivity index (χ1) is 9.74. The Labute approximate surface area is 119 Å². The molecule has 0 spiro atoms. The molecule has 2 N–H and O–H groups in total. The lowest BCUT2D eigenvalue weighted by atomic mass is 10.1. The van der Waals surface area contributed by atoms with Gasteiger partial charge in [0.15, 0.2) is 0 Å². The minimum atomic E-state index is 0.165. The largest absolute Gasteiger partial charge is 0.395 e. The first-order valence-electron chi connectivity index (χ1n) is 7.21. The molecule has 20 heavy (non-hydrogen) atoms. The van der Waals surface area contributed by atoms with Crippen LogP contribution in [0.1, 0.15) is 25.6 Å². The molecule has 0 aromatic carbocycles. The predicted octanol–water partition coefficient (Wildman–Crippen LogP) is -0.348. The van der Waals surface area contributed by atoms with Crippen LogP contribution >= 0.6 is 0 Å². The van der Waals surface area contributed by atoms with E-state index in [2.05, 4.69) is 27.0 Å². The van der Waals surface area contributed by atoms with Gasteiger partial charge < -0.3 is 10.0 Å². The monoisotopic (exact) mass is 281 g/mol. The van der Waals surface area contributed by atoms with Gasteiger partial charge in [-0.1, -0.05) is 6.92 Å². The average Bonchev–Trinajstić information content (AvgIpc) is 3.00. The number of carbonyl (C=O) groups is 1. The van der Waals surface area contributed by atoms with Crippen LogP contribution in [0.4, 0.5) is 0 Å². The van der Waals surface area contributed by atoms with Crippen molar-refractivity contribution in [3.8, 4) is 0 Å². The van der Waals surface area contributed by atoms with Crippen molar-refractivity contribution < 1.29 is 9.90 Å². The van der Waals surface area contributed by atoms with Crippen LogP contribution in [-0.4, -0.2) is 74.8 Å². The van der Waals surface area contributed by atoms with Gasteiger partial charge in [-0.15, -0.1) is 0 Å². The number of aryl methyl sites for hydroxylation is 1. The van der Waals surface area contributed by atoms with Gasteiger partial charge in [0.2, 0.25) is 5.91 Å². The molecule has 1 amide bonds. The highest BCUT2D eigenvalue weighted by Gasteiger charge is 2.24. The fraction of sp³-hybridized carbons (Fsp3) is 0.769. The molecule has 1 aliphatic heterocycles.